The molecule has 3 aromatic heterocycles. The van der Waals surface area contributed by atoms with Crippen molar-refractivity contribution in [2.45, 2.75) is 49.4 Å². The molecule has 0 saturated carbocycles. The number of nitrogen functional groups attached to an aromatic ring is 2. The molecule has 0 radical (unpaired) electrons. The third-order valence-corrected chi connectivity index (χ3v) is 7.20. The number of aliphatic hydroxyl groups excluding tert-OH is 3. The van der Waals surface area contributed by atoms with Crippen LogP contribution in [0.5, 0.6) is 0 Å². The number of nitrogens with zero attached hydrogens (tertiary/aromatic N) is 6. The van der Waals surface area contributed by atoms with Crippen molar-refractivity contribution in [3.8, 4) is 0 Å². The van der Waals surface area contributed by atoms with Crippen molar-refractivity contribution in [2.75, 3.05) is 24.7 Å². The predicted octanol–water partition coefficient (Wildman–Crippen LogP) is -2.35. The van der Waals surface area contributed by atoms with Gasteiger partial charge in [0.25, 0.3) is 0 Å². The van der Waals surface area contributed by atoms with E-state index in [9.17, 15) is 29.6 Å². The van der Waals surface area contributed by atoms with Gasteiger partial charge in [-0.05, 0) is 6.07 Å². The lowest BCUT2D eigenvalue weighted by Crippen LogP contribution is -2.34. The molecule has 3 aromatic rings. The fourth-order valence-corrected chi connectivity index (χ4v) is 5.27. The van der Waals surface area contributed by atoms with Gasteiger partial charge in [-0.15, -0.1) is 0 Å². The molecule has 19 heteroatoms. The van der Waals surface area contributed by atoms with Crippen LogP contribution in [0.3, 0.4) is 0 Å². The third-order valence-electron chi connectivity index (χ3n) is 6.19. The lowest BCUT2D eigenvalue weighted by atomic mass is 10.1. The van der Waals surface area contributed by atoms with Crippen LogP contribution in [0.15, 0.2) is 29.7 Å². The maximum Gasteiger partial charge on any atom is 0.472 e. The van der Waals surface area contributed by atoms with E-state index < -0.39 is 69.7 Å². The van der Waals surface area contributed by atoms with Gasteiger partial charge in [-0.3, -0.25) is 18.2 Å². The van der Waals surface area contributed by atoms with Crippen molar-refractivity contribution in [3.05, 3.63) is 35.4 Å². The van der Waals surface area contributed by atoms with Crippen LogP contribution < -0.4 is 17.2 Å². The molecule has 0 aromatic carbocycles. The Hall–Kier alpha value is -3.06. The Morgan fingerprint density at radius 1 is 1.13 bits per heavy atom. The van der Waals surface area contributed by atoms with Crippen LogP contribution in [-0.2, 0) is 23.1 Å². The van der Waals surface area contributed by atoms with Gasteiger partial charge in [0.1, 0.15) is 54.4 Å². The lowest BCUT2D eigenvalue weighted by Gasteiger charge is -2.21. The molecule has 2 aliphatic rings. The van der Waals surface area contributed by atoms with E-state index >= 15 is 0 Å². The monoisotopic (exact) mass is 556 g/mol. The van der Waals surface area contributed by atoms with E-state index in [0.717, 1.165) is 4.57 Å². The fraction of sp³-hybridized carbons (Fsp3) is 0.526. The first kappa shape index (κ1) is 26.5. The number of nitrogens with two attached hydrogens (primary N) is 2. The van der Waals surface area contributed by atoms with E-state index in [0.29, 0.717) is 0 Å². The molecule has 5 rings (SSSR count). The standard InChI is InChI=1S/C19H25N8O10P/c20-11-1-2-26(19(31)25-11)12-3-8(9(4-28)35-12)37-38(32,33)34-5-10-14(29)15(30)18(36-10)27-7-24-13-16(21)22-6-23-17(13)27/h1-2,6-10,12,14-15,18,28-30H,3-5H2,(H,32,33)(H2,20,25,31)(H2,21,22,23)/t8-,9+,10+,12+,14+,15+,18+/m0/s1. The first-order valence-electron chi connectivity index (χ1n) is 11.3. The van der Waals surface area contributed by atoms with Gasteiger partial charge in [0.2, 0.25) is 0 Å². The Labute approximate surface area is 213 Å². The second-order valence-electron chi connectivity index (χ2n) is 8.63. The van der Waals surface area contributed by atoms with Gasteiger partial charge in [-0.2, -0.15) is 4.98 Å². The molecule has 0 spiro atoms. The fourth-order valence-electron chi connectivity index (χ4n) is 4.31. The summed E-state index contributed by atoms with van der Waals surface area (Å²) >= 11 is 0. The third kappa shape index (κ3) is 5.00. The van der Waals surface area contributed by atoms with E-state index in [4.69, 9.17) is 30.0 Å². The minimum Gasteiger partial charge on any atom is -0.394 e. The molecule has 8 atom stereocenters. The second-order valence-corrected chi connectivity index (χ2v) is 10.0. The van der Waals surface area contributed by atoms with Crippen molar-refractivity contribution in [2.24, 2.45) is 0 Å². The van der Waals surface area contributed by atoms with E-state index in [2.05, 4.69) is 19.9 Å². The lowest BCUT2D eigenvalue weighted by molar-refractivity contribution is -0.0592. The Bertz CT molecular complexity index is 1420. The summed E-state index contributed by atoms with van der Waals surface area (Å²) in [5, 5.41) is 30.6. The number of hydrogen-bond donors (Lipinski definition) is 6. The normalized spacial score (nSPS) is 31.1. The smallest absolute Gasteiger partial charge is 0.394 e. The zero-order chi connectivity index (χ0) is 27.2. The van der Waals surface area contributed by atoms with E-state index in [-0.39, 0.29) is 29.2 Å². The number of fused-ring (bicyclic) bond motifs is 1. The number of aliphatic hydroxyl groups is 3. The van der Waals surface area contributed by atoms with Crippen molar-refractivity contribution < 1.29 is 43.3 Å². The largest absolute Gasteiger partial charge is 0.472 e. The summed E-state index contributed by atoms with van der Waals surface area (Å²) in [6.45, 7) is -1.22. The second kappa shape index (κ2) is 10.3. The first-order valence-corrected chi connectivity index (χ1v) is 12.8. The molecule has 18 nitrogen and oxygen atoms in total. The van der Waals surface area contributed by atoms with Crippen molar-refractivity contribution in [1.82, 2.24) is 29.1 Å². The molecular formula is C19H25N8O10P. The molecular weight excluding hydrogens is 531 g/mol. The number of phosphoric ester groups is 1. The summed E-state index contributed by atoms with van der Waals surface area (Å²) in [5.74, 6) is 0.114. The first-order chi connectivity index (χ1) is 18.1. The Morgan fingerprint density at radius 3 is 2.66 bits per heavy atom. The summed E-state index contributed by atoms with van der Waals surface area (Å²) in [7, 11) is -4.80. The maximum atomic E-state index is 12.7. The zero-order valence-corrected chi connectivity index (χ0v) is 20.4. The molecule has 2 saturated heterocycles. The van der Waals surface area contributed by atoms with Crippen LogP contribution in [0.2, 0.25) is 0 Å². The van der Waals surface area contributed by atoms with Gasteiger partial charge < -0.3 is 41.2 Å². The molecule has 0 aliphatic carbocycles. The average Bonchev–Trinajstić information content (AvgIpc) is 3.55. The van der Waals surface area contributed by atoms with Crippen LogP contribution in [0.25, 0.3) is 11.2 Å². The van der Waals surface area contributed by atoms with Crippen LogP contribution in [-0.4, -0.2) is 93.0 Å². The average molecular weight is 556 g/mol. The highest BCUT2D eigenvalue weighted by atomic mass is 31.2. The number of hydrogen-bond acceptors (Lipinski definition) is 15. The quantitative estimate of drug-likeness (QED) is 0.159. The Balaban J connectivity index is 1.23. The number of rotatable bonds is 8. The molecule has 2 aliphatic heterocycles. The number of imidazole rings is 1. The Kier molecular flexibility index (Phi) is 7.16. The molecule has 0 bridgehead atoms. The number of aromatic nitrogens is 6. The van der Waals surface area contributed by atoms with Crippen LogP contribution in [0, 0.1) is 0 Å². The molecule has 5 heterocycles. The molecule has 38 heavy (non-hydrogen) atoms. The van der Waals surface area contributed by atoms with Crippen LogP contribution in [0.4, 0.5) is 11.6 Å². The SMILES string of the molecule is Nc1ccn([C@H]2C[C@H](OP(=O)(O)OC[C@H]3O[C@@H](n4cnc5c(N)ncnc54)[C@H](O)[C@@H]3O)[C@@H](CO)O2)c(=O)n1. The topological polar surface area (TPSA) is 265 Å². The van der Waals surface area contributed by atoms with Gasteiger partial charge in [0, 0.05) is 12.6 Å². The molecule has 206 valence electrons. The van der Waals surface area contributed by atoms with Gasteiger partial charge in [-0.25, -0.2) is 24.3 Å². The minimum absolute atomic E-state index is 0.00585. The summed E-state index contributed by atoms with van der Waals surface area (Å²) in [6.07, 6.45) is -4.77. The molecule has 8 N–H and O–H groups in total. The van der Waals surface area contributed by atoms with E-state index in [1.807, 2.05) is 0 Å². The minimum atomic E-state index is -4.80. The number of phosphoric acid groups is 1. The van der Waals surface area contributed by atoms with Crippen molar-refractivity contribution in [3.63, 3.8) is 0 Å². The Morgan fingerprint density at radius 2 is 1.92 bits per heavy atom. The van der Waals surface area contributed by atoms with Gasteiger partial charge >= 0.3 is 13.5 Å². The summed E-state index contributed by atoms with van der Waals surface area (Å²) < 4.78 is 36.6. The van der Waals surface area contributed by atoms with Crippen LogP contribution >= 0.6 is 7.82 Å². The van der Waals surface area contributed by atoms with Gasteiger partial charge in [0.05, 0.1) is 19.5 Å². The van der Waals surface area contributed by atoms with Crippen molar-refractivity contribution in [1.29, 1.82) is 0 Å². The zero-order valence-electron chi connectivity index (χ0n) is 19.5. The van der Waals surface area contributed by atoms with E-state index in [1.165, 1.54) is 29.5 Å². The highest BCUT2D eigenvalue weighted by molar-refractivity contribution is 7.47. The maximum absolute atomic E-state index is 12.7. The number of anilines is 2. The highest BCUT2D eigenvalue weighted by Crippen LogP contribution is 2.49. The van der Waals surface area contributed by atoms with Crippen LogP contribution in [0.1, 0.15) is 18.9 Å². The number of ether oxygens (including phenoxy) is 2. The highest BCUT2D eigenvalue weighted by Gasteiger charge is 2.46. The van der Waals surface area contributed by atoms with Gasteiger partial charge in [-0.1, -0.05) is 0 Å². The summed E-state index contributed by atoms with van der Waals surface area (Å²) in [4.78, 5) is 38.0. The van der Waals surface area contributed by atoms with Crippen molar-refractivity contribution >= 4 is 30.6 Å². The molecule has 2 fully saturated rings. The van der Waals surface area contributed by atoms with Gasteiger partial charge in [0.15, 0.2) is 17.7 Å². The molecule has 1 unspecified atom stereocenters. The van der Waals surface area contributed by atoms with E-state index in [1.54, 1.807) is 0 Å². The molecule has 0 amide bonds. The predicted molar refractivity (Wildman–Crippen MR) is 125 cm³/mol. The summed E-state index contributed by atoms with van der Waals surface area (Å²) in [5.41, 5.74) is 11.1. The summed E-state index contributed by atoms with van der Waals surface area (Å²) in [6, 6.07) is 1.37.